The van der Waals surface area contributed by atoms with Gasteiger partial charge in [-0.2, -0.15) is 0 Å². The fourth-order valence-corrected chi connectivity index (χ4v) is 1.86. The Balaban J connectivity index is 2.08. The summed E-state index contributed by atoms with van der Waals surface area (Å²) >= 11 is 3.24. The van der Waals surface area contributed by atoms with Gasteiger partial charge in [0.15, 0.2) is 0 Å². The Morgan fingerprint density at radius 2 is 2.17 bits per heavy atom. The van der Waals surface area contributed by atoms with Gasteiger partial charge in [-0.15, -0.1) is 0 Å². The molecular formula is C13H12BrN3O. The topological polar surface area (TPSA) is 54.9 Å². The highest BCUT2D eigenvalue weighted by molar-refractivity contribution is 9.10. The van der Waals surface area contributed by atoms with Gasteiger partial charge in [0.2, 0.25) is 0 Å². The second-order valence-electron chi connectivity index (χ2n) is 3.83. The maximum absolute atomic E-state index is 12.0. The van der Waals surface area contributed by atoms with E-state index in [1.165, 1.54) is 0 Å². The zero-order valence-corrected chi connectivity index (χ0v) is 11.4. The van der Waals surface area contributed by atoms with Crippen LogP contribution in [0.1, 0.15) is 29.0 Å². The van der Waals surface area contributed by atoms with Crippen molar-refractivity contribution in [1.29, 1.82) is 0 Å². The van der Waals surface area contributed by atoms with Crippen molar-refractivity contribution < 1.29 is 4.79 Å². The SMILES string of the molecule is CC(NC(=O)c1cccc(Br)n1)c1cccnc1. The Morgan fingerprint density at radius 1 is 1.33 bits per heavy atom. The van der Waals surface area contributed by atoms with Gasteiger partial charge in [0.25, 0.3) is 5.91 Å². The Bertz CT molecular complexity index is 545. The molecule has 18 heavy (non-hydrogen) atoms. The Morgan fingerprint density at radius 3 is 2.83 bits per heavy atom. The van der Waals surface area contributed by atoms with Crippen molar-refractivity contribution in [3.63, 3.8) is 0 Å². The van der Waals surface area contributed by atoms with E-state index in [9.17, 15) is 4.79 Å². The van der Waals surface area contributed by atoms with Gasteiger partial charge in [-0.25, -0.2) is 4.98 Å². The molecule has 1 atom stereocenters. The molecule has 0 saturated carbocycles. The average Bonchev–Trinajstić information content (AvgIpc) is 2.39. The summed E-state index contributed by atoms with van der Waals surface area (Å²) in [4.78, 5) is 20.1. The first kappa shape index (κ1) is 12.7. The van der Waals surface area contributed by atoms with Gasteiger partial charge < -0.3 is 5.32 Å². The van der Waals surface area contributed by atoms with Crippen LogP contribution >= 0.6 is 15.9 Å². The zero-order chi connectivity index (χ0) is 13.0. The maximum atomic E-state index is 12.0. The molecular weight excluding hydrogens is 294 g/mol. The third-order valence-electron chi connectivity index (χ3n) is 2.48. The van der Waals surface area contributed by atoms with Crippen LogP contribution in [0.2, 0.25) is 0 Å². The van der Waals surface area contributed by atoms with Gasteiger partial charge in [-0.1, -0.05) is 12.1 Å². The standard InChI is InChI=1S/C13H12BrN3O/c1-9(10-4-3-7-15-8-10)16-13(18)11-5-2-6-12(14)17-11/h2-9H,1H3,(H,16,18). The number of carbonyl (C=O) groups is 1. The number of amides is 1. The molecule has 0 fully saturated rings. The molecule has 0 bridgehead atoms. The third kappa shape index (κ3) is 3.13. The fourth-order valence-electron chi connectivity index (χ4n) is 1.52. The monoisotopic (exact) mass is 305 g/mol. The molecule has 2 aromatic heterocycles. The summed E-state index contributed by atoms with van der Waals surface area (Å²) in [5.74, 6) is -0.201. The van der Waals surface area contributed by atoms with Crippen LogP contribution in [-0.4, -0.2) is 15.9 Å². The smallest absolute Gasteiger partial charge is 0.270 e. The number of carbonyl (C=O) groups excluding carboxylic acids is 1. The first-order valence-corrected chi connectivity index (χ1v) is 6.29. The number of pyridine rings is 2. The first-order chi connectivity index (χ1) is 8.66. The van der Waals surface area contributed by atoms with E-state index in [2.05, 4.69) is 31.2 Å². The molecule has 0 spiro atoms. The van der Waals surface area contributed by atoms with Crippen LogP contribution in [0.5, 0.6) is 0 Å². The van der Waals surface area contributed by atoms with E-state index in [4.69, 9.17) is 0 Å². The lowest BCUT2D eigenvalue weighted by molar-refractivity contribution is 0.0934. The minimum atomic E-state index is -0.201. The molecule has 0 aliphatic carbocycles. The van der Waals surface area contributed by atoms with E-state index in [0.29, 0.717) is 10.3 Å². The molecule has 0 aliphatic rings. The summed E-state index contributed by atoms with van der Waals surface area (Å²) in [5.41, 5.74) is 1.35. The molecule has 2 rings (SSSR count). The van der Waals surface area contributed by atoms with E-state index >= 15 is 0 Å². The summed E-state index contributed by atoms with van der Waals surface area (Å²) in [7, 11) is 0. The van der Waals surface area contributed by atoms with Gasteiger partial charge in [-0.3, -0.25) is 9.78 Å². The predicted octanol–water partition coefficient (Wildman–Crippen LogP) is 2.73. The first-order valence-electron chi connectivity index (χ1n) is 5.50. The highest BCUT2D eigenvalue weighted by Gasteiger charge is 2.12. The fraction of sp³-hybridized carbons (Fsp3) is 0.154. The largest absolute Gasteiger partial charge is 0.344 e. The lowest BCUT2D eigenvalue weighted by Gasteiger charge is -2.13. The number of nitrogens with one attached hydrogen (secondary N) is 1. The minimum absolute atomic E-state index is 0.105. The normalized spacial score (nSPS) is 11.9. The van der Waals surface area contributed by atoms with Crippen molar-refractivity contribution in [3.05, 3.63) is 58.6 Å². The van der Waals surface area contributed by atoms with Gasteiger partial charge in [-0.05, 0) is 46.6 Å². The van der Waals surface area contributed by atoms with Crippen molar-refractivity contribution in [3.8, 4) is 0 Å². The van der Waals surface area contributed by atoms with E-state index in [0.717, 1.165) is 5.56 Å². The molecule has 0 aliphatic heterocycles. The molecule has 1 unspecified atom stereocenters. The van der Waals surface area contributed by atoms with Crippen LogP contribution in [0, 0.1) is 0 Å². The molecule has 0 saturated heterocycles. The van der Waals surface area contributed by atoms with E-state index < -0.39 is 0 Å². The zero-order valence-electron chi connectivity index (χ0n) is 9.80. The van der Waals surface area contributed by atoms with Crippen molar-refractivity contribution >= 4 is 21.8 Å². The van der Waals surface area contributed by atoms with E-state index in [-0.39, 0.29) is 11.9 Å². The highest BCUT2D eigenvalue weighted by atomic mass is 79.9. The predicted molar refractivity (Wildman–Crippen MR) is 72.1 cm³/mol. The molecule has 0 radical (unpaired) electrons. The highest BCUT2D eigenvalue weighted by Crippen LogP contribution is 2.11. The van der Waals surface area contributed by atoms with Crippen LogP contribution in [0.3, 0.4) is 0 Å². The molecule has 2 aromatic rings. The Labute approximate surface area is 114 Å². The second-order valence-corrected chi connectivity index (χ2v) is 4.64. The van der Waals surface area contributed by atoms with Crippen molar-refractivity contribution in [1.82, 2.24) is 15.3 Å². The molecule has 2 heterocycles. The van der Waals surface area contributed by atoms with Crippen LogP contribution in [0.15, 0.2) is 47.3 Å². The van der Waals surface area contributed by atoms with E-state index in [1.54, 1.807) is 30.6 Å². The van der Waals surface area contributed by atoms with Crippen LogP contribution in [0.25, 0.3) is 0 Å². The van der Waals surface area contributed by atoms with Gasteiger partial charge in [0.1, 0.15) is 10.3 Å². The van der Waals surface area contributed by atoms with Crippen molar-refractivity contribution in [2.75, 3.05) is 0 Å². The lowest BCUT2D eigenvalue weighted by atomic mass is 10.1. The molecule has 0 aromatic carbocycles. The quantitative estimate of drug-likeness (QED) is 0.887. The van der Waals surface area contributed by atoms with E-state index in [1.807, 2.05) is 19.1 Å². The Hall–Kier alpha value is -1.75. The Kier molecular flexibility index (Phi) is 4.04. The number of aromatic nitrogens is 2. The molecule has 1 N–H and O–H groups in total. The van der Waals surface area contributed by atoms with Crippen LogP contribution in [0.4, 0.5) is 0 Å². The summed E-state index contributed by atoms with van der Waals surface area (Å²) in [6.45, 7) is 1.91. The number of hydrogen-bond acceptors (Lipinski definition) is 3. The number of halogens is 1. The summed E-state index contributed by atoms with van der Waals surface area (Å²) < 4.78 is 0.643. The number of hydrogen-bond donors (Lipinski definition) is 1. The molecule has 5 heteroatoms. The van der Waals surface area contributed by atoms with Crippen molar-refractivity contribution in [2.45, 2.75) is 13.0 Å². The second kappa shape index (κ2) is 5.73. The van der Waals surface area contributed by atoms with Gasteiger partial charge >= 0.3 is 0 Å². The molecule has 92 valence electrons. The summed E-state index contributed by atoms with van der Waals surface area (Å²) in [6.07, 6.45) is 3.44. The number of nitrogens with zero attached hydrogens (tertiary/aromatic N) is 2. The summed E-state index contributed by atoms with van der Waals surface area (Å²) in [5, 5.41) is 2.88. The van der Waals surface area contributed by atoms with Gasteiger partial charge in [0, 0.05) is 12.4 Å². The lowest BCUT2D eigenvalue weighted by Crippen LogP contribution is -2.27. The minimum Gasteiger partial charge on any atom is -0.344 e. The van der Waals surface area contributed by atoms with Crippen LogP contribution in [-0.2, 0) is 0 Å². The molecule has 4 nitrogen and oxygen atoms in total. The average molecular weight is 306 g/mol. The maximum Gasteiger partial charge on any atom is 0.270 e. The number of rotatable bonds is 3. The van der Waals surface area contributed by atoms with Gasteiger partial charge in [0.05, 0.1) is 6.04 Å². The third-order valence-corrected chi connectivity index (χ3v) is 2.92. The molecule has 1 amide bonds. The summed E-state index contributed by atoms with van der Waals surface area (Å²) in [6, 6.07) is 8.90. The van der Waals surface area contributed by atoms with Crippen molar-refractivity contribution in [2.24, 2.45) is 0 Å². The van der Waals surface area contributed by atoms with Crippen LogP contribution < -0.4 is 5.32 Å².